The van der Waals surface area contributed by atoms with Gasteiger partial charge < -0.3 is 52.5 Å². The Morgan fingerprint density at radius 2 is 0.841 bits per heavy atom. The van der Waals surface area contributed by atoms with Crippen molar-refractivity contribution < 1.29 is 86.0 Å². The third kappa shape index (κ3) is 10.7. The molecular formula is C26H36O18. The summed E-state index contributed by atoms with van der Waals surface area (Å²) in [7, 11) is 0. The molecule has 1 N–H and O–H groups in total. The van der Waals surface area contributed by atoms with Crippen molar-refractivity contribution in [2.45, 2.75) is 110 Å². The van der Waals surface area contributed by atoms with E-state index in [0.29, 0.717) is 0 Å². The first-order valence-electron chi connectivity index (χ1n) is 13.3. The number of hydrogen-bond acceptors (Lipinski definition) is 18. The number of hydrogen-bond donors (Lipinski definition) is 1. The third-order valence-electron chi connectivity index (χ3n) is 5.89. The molecule has 4 unspecified atom stereocenters. The molecule has 2 saturated heterocycles. The molecule has 0 radical (unpaired) electrons. The smallest absolute Gasteiger partial charge is 0.303 e. The second kappa shape index (κ2) is 16.3. The largest absolute Gasteiger partial charge is 0.463 e. The van der Waals surface area contributed by atoms with E-state index in [1.807, 2.05) is 0 Å². The molecule has 18 nitrogen and oxygen atoms in total. The summed E-state index contributed by atoms with van der Waals surface area (Å²) in [6.45, 7) is 6.15. The molecule has 10 atom stereocenters. The normalized spacial score (nSPS) is 31.5. The monoisotopic (exact) mass is 636 g/mol. The van der Waals surface area contributed by atoms with Gasteiger partial charge in [-0.2, -0.15) is 0 Å². The molecule has 0 amide bonds. The molecule has 2 fully saturated rings. The Labute approximate surface area is 251 Å². The Hall–Kier alpha value is -3.87. The van der Waals surface area contributed by atoms with Gasteiger partial charge in [-0.25, -0.2) is 0 Å². The van der Waals surface area contributed by atoms with E-state index < -0.39 is 116 Å². The summed E-state index contributed by atoms with van der Waals surface area (Å²) in [5.41, 5.74) is 0. The summed E-state index contributed by atoms with van der Waals surface area (Å²) in [5, 5.41) is 10.6. The van der Waals surface area contributed by atoms with Gasteiger partial charge in [0.2, 0.25) is 0 Å². The van der Waals surface area contributed by atoms with Crippen molar-refractivity contribution in [3.63, 3.8) is 0 Å². The highest BCUT2D eigenvalue weighted by Crippen LogP contribution is 2.32. The van der Waals surface area contributed by atoms with Crippen molar-refractivity contribution in [3.8, 4) is 0 Å². The predicted molar refractivity (Wildman–Crippen MR) is 135 cm³/mol. The molecular weight excluding hydrogens is 600 g/mol. The molecule has 44 heavy (non-hydrogen) atoms. The van der Waals surface area contributed by atoms with Gasteiger partial charge in [0.1, 0.15) is 18.8 Å². The van der Waals surface area contributed by atoms with Crippen LogP contribution in [0, 0.1) is 0 Å². The lowest BCUT2D eigenvalue weighted by Gasteiger charge is -2.45. The van der Waals surface area contributed by atoms with E-state index in [1.54, 1.807) is 0 Å². The molecule has 0 aromatic rings. The summed E-state index contributed by atoms with van der Waals surface area (Å²) in [6.07, 6.45) is -15.6. The standard InChI is InChI=1S/C26H36O18/c1-10(27)35-8-18-20(38-12(3)29)22(40-14(5)31)24(42-16(7)33)26(44-18)36-9-17-19(37-11(2)28)21(39-13(4)30)23(25(34)43-17)41-15(6)32/h17-26,34H,8-9H2,1-7H3/t17?,18?,19-,20-,21+,22+,23?,24?,25+,26-/m1/s1. The molecule has 2 rings (SSSR count). The quantitative estimate of drug-likeness (QED) is 0.203. The molecule has 0 spiro atoms. The first-order chi connectivity index (χ1) is 20.5. The minimum Gasteiger partial charge on any atom is -0.463 e. The van der Waals surface area contributed by atoms with Crippen LogP contribution in [0.1, 0.15) is 48.5 Å². The zero-order valence-corrected chi connectivity index (χ0v) is 25.1. The van der Waals surface area contributed by atoms with Crippen molar-refractivity contribution in [2.24, 2.45) is 0 Å². The van der Waals surface area contributed by atoms with Crippen molar-refractivity contribution in [3.05, 3.63) is 0 Å². The zero-order chi connectivity index (χ0) is 33.3. The second-order valence-electron chi connectivity index (χ2n) is 9.69. The van der Waals surface area contributed by atoms with Crippen LogP contribution in [-0.2, 0) is 80.9 Å². The summed E-state index contributed by atoms with van der Waals surface area (Å²) in [4.78, 5) is 83.0. The highest BCUT2D eigenvalue weighted by molar-refractivity contribution is 5.69. The summed E-state index contributed by atoms with van der Waals surface area (Å²) >= 11 is 0. The Kier molecular flexibility index (Phi) is 13.4. The Bertz CT molecular complexity index is 1090. The van der Waals surface area contributed by atoms with Gasteiger partial charge in [-0.3, -0.25) is 33.6 Å². The van der Waals surface area contributed by atoms with Crippen LogP contribution < -0.4 is 0 Å². The number of rotatable bonds is 11. The summed E-state index contributed by atoms with van der Waals surface area (Å²) < 4.78 is 53.7. The van der Waals surface area contributed by atoms with Crippen LogP contribution >= 0.6 is 0 Å². The van der Waals surface area contributed by atoms with Crippen LogP contribution in [0.15, 0.2) is 0 Å². The van der Waals surface area contributed by atoms with Gasteiger partial charge in [0, 0.05) is 48.5 Å². The van der Waals surface area contributed by atoms with Crippen LogP contribution in [0.25, 0.3) is 0 Å². The maximum Gasteiger partial charge on any atom is 0.303 e. The van der Waals surface area contributed by atoms with Crippen molar-refractivity contribution in [2.75, 3.05) is 13.2 Å². The van der Waals surface area contributed by atoms with Crippen molar-refractivity contribution in [1.29, 1.82) is 0 Å². The van der Waals surface area contributed by atoms with Crippen LogP contribution in [0.2, 0.25) is 0 Å². The SMILES string of the molecule is CC(=O)OCC1O[C@@H](OCC2O[C@H](O)C(OC(C)=O)[C@@H](OC(C)=O)[C@@H]2OC(C)=O)C(OC(C)=O)[C@@H](OC(C)=O)[C@@H]1OC(C)=O. The van der Waals surface area contributed by atoms with Gasteiger partial charge in [0.25, 0.3) is 0 Å². The van der Waals surface area contributed by atoms with Gasteiger partial charge in [-0.05, 0) is 0 Å². The summed E-state index contributed by atoms with van der Waals surface area (Å²) in [6, 6.07) is 0. The number of esters is 7. The fraction of sp³-hybridized carbons (Fsp3) is 0.731. The molecule has 0 bridgehead atoms. The maximum absolute atomic E-state index is 12.1. The van der Waals surface area contributed by atoms with Crippen molar-refractivity contribution in [1.82, 2.24) is 0 Å². The lowest BCUT2D eigenvalue weighted by molar-refractivity contribution is -0.330. The fourth-order valence-electron chi connectivity index (χ4n) is 4.52. The minimum absolute atomic E-state index is 0.523. The van der Waals surface area contributed by atoms with Crippen LogP contribution in [-0.4, -0.2) is 122 Å². The number of carbonyl (C=O) groups excluding carboxylic acids is 7. The van der Waals surface area contributed by atoms with E-state index in [2.05, 4.69) is 0 Å². The van der Waals surface area contributed by atoms with Crippen LogP contribution in [0.3, 0.4) is 0 Å². The van der Waals surface area contributed by atoms with E-state index in [1.165, 1.54) is 0 Å². The Balaban J connectivity index is 2.48. The van der Waals surface area contributed by atoms with E-state index in [9.17, 15) is 38.7 Å². The molecule has 18 heteroatoms. The zero-order valence-electron chi connectivity index (χ0n) is 25.1. The van der Waals surface area contributed by atoms with Gasteiger partial charge in [-0.1, -0.05) is 0 Å². The number of aliphatic hydroxyl groups excluding tert-OH is 1. The topological polar surface area (TPSA) is 232 Å². The molecule has 2 aliphatic heterocycles. The Morgan fingerprint density at radius 3 is 1.27 bits per heavy atom. The molecule has 0 aromatic carbocycles. The van der Waals surface area contributed by atoms with E-state index in [4.69, 9.17) is 47.4 Å². The van der Waals surface area contributed by atoms with Crippen molar-refractivity contribution >= 4 is 41.8 Å². The number of carbonyl (C=O) groups is 7. The highest BCUT2D eigenvalue weighted by atomic mass is 16.7. The first-order valence-corrected chi connectivity index (χ1v) is 13.3. The van der Waals surface area contributed by atoms with Gasteiger partial charge in [0.15, 0.2) is 49.2 Å². The lowest BCUT2D eigenvalue weighted by atomic mass is 9.97. The van der Waals surface area contributed by atoms with E-state index in [0.717, 1.165) is 48.5 Å². The van der Waals surface area contributed by atoms with Crippen LogP contribution in [0.5, 0.6) is 0 Å². The fourth-order valence-corrected chi connectivity index (χ4v) is 4.52. The summed E-state index contributed by atoms with van der Waals surface area (Å²) in [5.74, 6) is -5.94. The Morgan fingerprint density at radius 1 is 0.477 bits per heavy atom. The minimum atomic E-state index is -1.90. The third-order valence-corrected chi connectivity index (χ3v) is 5.89. The highest BCUT2D eigenvalue weighted by Gasteiger charge is 2.55. The van der Waals surface area contributed by atoms with Gasteiger partial charge in [-0.15, -0.1) is 0 Å². The number of ether oxygens (including phenoxy) is 10. The molecule has 0 aromatic heterocycles. The van der Waals surface area contributed by atoms with E-state index in [-0.39, 0.29) is 0 Å². The lowest BCUT2D eigenvalue weighted by Crippen LogP contribution is -2.64. The molecule has 2 aliphatic rings. The first kappa shape index (κ1) is 36.3. The molecule has 248 valence electrons. The molecule has 0 saturated carbocycles. The predicted octanol–water partition coefficient (Wildman–Crippen LogP) is -1.40. The number of aliphatic hydroxyl groups is 1. The van der Waals surface area contributed by atoms with Crippen LogP contribution in [0.4, 0.5) is 0 Å². The average Bonchev–Trinajstić information content (AvgIpc) is 2.87. The maximum atomic E-state index is 12.1. The van der Waals surface area contributed by atoms with Gasteiger partial charge >= 0.3 is 41.8 Å². The van der Waals surface area contributed by atoms with E-state index >= 15 is 0 Å². The van der Waals surface area contributed by atoms with Gasteiger partial charge in [0.05, 0.1) is 6.61 Å². The molecule has 2 heterocycles. The average molecular weight is 637 g/mol. The molecule has 0 aliphatic carbocycles. The second-order valence-corrected chi connectivity index (χ2v) is 9.69.